The van der Waals surface area contributed by atoms with Crippen molar-refractivity contribution in [2.24, 2.45) is 0 Å². The van der Waals surface area contributed by atoms with Crippen LogP contribution in [0.2, 0.25) is 0 Å². The van der Waals surface area contributed by atoms with Gasteiger partial charge in [-0.25, -0.2) is 14.2 Å². The minimum Gasteiger partial charge on any atom is -0.478 e. The molecule has 1 amide bonds. The van der Waals surface area contributed by atoms with E-state index >= 15 is 0 Å². The van der Waals surface area contributed by atoms with Gasteiger partial charge in [0, 0.05) is 13.6 Å². The van der Waals surface area contributed by atoms with Crippen LogP contribution in [0.3, 0.4) is 0 Å². The van der Waals surface area contributed by atoms with E-state index in [0.29, 0.717) is 6.54 Å². The van der Waals surface area contributed by atoms with Gasteiger partial charge in [0.1, 0.15) is 17.2 Å². The van der Waals surface area contributed by atoms with Crippen LogP contribution in [0.1, 0.15) is 23.7 Å². The number of nitrogens with one attached hydrogen (secondary N) is 1. The average molecular weight is 269 g/mol. The maximum absolute atomic E-state index is 13.0. The first kappa shape index (κ1) is 14.9. The quantitative estimate of drug-likeness (QED) is 0.801. The van der Waals surface area contributed by atoms with Crippen molar-refractivity contribution in [3.8, 4) is 0 Å². The van der Waals surface area contributed by atoms with Crippen molar-refractivity contribution < 1.29 is 19.1 Å². The maximum atomic E-state index is 13.0. The van der Waals surface area contributed by atoms with E-state index in [2.05, 4.69) is 10.3 Å². The van der Waals surface area contributed by atoms with Gasteiger partial charge in [0.2, 0.25) is 5.91 Å². The summed E-state index contributed by atoms with van der Waals surface area (Å²) in [7, 11) is 1.53. The summed E-state index contributed by atoms with van der Waals surface area (Å²) in [4.78, 5) is 27.6. The van der Waals surface area contributed by atoms with Crippen molar-refractivity contribution in [2.45, 2.75) is 13.3 Å². The van der Waals surface area contributed by atoms with E-state index in [9.17, 15) is 14.0 Å². The number of pyridine rings is 1. The topological polar surface area (TPSA) is 82.5 Å². The van der Waals surface area contributed by atoms with Gasteiger partial charge in [-0.05, 0) is 12.5 Å². The molecule has 2 N–H and O–H groups in total. The molecule has 0 saturated heterocycles. The Hall–Kier alpha value is -2.18. The van der Waals surface area contributed by atoms with E-state index in [4.69, 9.17) is 5.11 Å². The van der Waals surface area contributed by atoms with Gasteiger partial charge in [0.05, 0.1) is 12.7 Å². The molecule has 6 nitrogen and oxygen atoms in total. The molecule has 0 fully saturated rings. The van der Waals surface area contributed by atoms with Gasteiger partial charge in [-0.3, -0.25) is 4.79 Å². The third-order valence-corrected chi connectivity index (χ3v) is 2.38. The number of carbonyl (C=O) groups is 2. The number of aromatic carboxylic acids is 1. The first-order valence-electron chi connectivity index (χ1n) is 5.82. The Bertz CT molecular complexity index is 479. The number of hydrogen-bond donors (Lipinski definition) is 2. The van der Waals surface area contributed by atoms with Crippen molar-refractivity contribution in [3.05, 3.63) is 23.6 Å². The van der Waals surface area contributed by atoms with Gasteiger partial charge >= 0.3 is 5.97 Å². The predicted molar refractivity (Wildman–Crippen MR) is 67.7 cm³/mol. The van der Waals surface area contributed by atoms with Crippen molar-refractivity contribution in [2.75, 3.05) is 25.0 Å². The van der Waals surface area contributed by atoms with E-state index in [0.717, 1.165) is 18.7 Å². The van der Waals surface area contributed by atoms with Crippen LogP contribution in [0.25, 0.3) is 0 Å². The van der Waals surface area contributed by atoms with E-state index < -0.39 is 11.8 Å². The zero-order chi connectivity index (χ0) is 14.4. The second-order valence-corrected chi connectivity index (χ2v) is 4.04. The molecule has 1 aromatic heterocycles. The van der Waals surface area contributed by atoms with Crippen molar-refractivity contribution in [3.63, 3.8) is 0 Å². The molecule has 0 aliphatic carbocycles. The van der Waals surface area contributed by atoms with Crippen molar-refractivity contribution >= 4 is 17.7 Å². The molecule has 0 spiro atoms. The van der Waals surface area contributed by atoms with Gasteiger partial charge in [0.15, 0.2) is 0 Å². The molecule has 0 aromatic carbocycles. The highest BCUT2D eigenvalue weighted by Gasteiger charge is 2.17. The number of anilines is 1. The number of carboxylic acids is 1. The maximum Gasteiger partial charge on any atom is 0.339 e. The van der Waals surface area contributed by atoms with E-state index in [1.165, 1.54) is 11.9 Å². The summed E-state index contributed by atoms with van der Waals surface area (Å²) >= 11 is 0. The number of halogens is 1. The van der Waals surface area contributed by atoms with Gasteiger partial charge in [-0.1, -0.05) is 6.92 Å². The fraction of sp³-hybridized carbons (Fsp3) is 0.417. The number of rotatable bonds is 6. The van der Waals surface area contributed by atoms with Crippen LogP contribution in [-0.2, 0) is 4.79 Å². The molecule has 0 aliphatic rings. The number of carboxylic acid groups (broad SMARTS) is 1. The highest BCUT2D eigenvalue weighted by atomic mass is 19.1. The highest BCUT2D eigenvalue weighted by molar-refractivity contribution is 5.94. The third kappa shape index (κ3) is 4.20. The van der Waals surface area contributed by atoms with Gasteiger partial charge in [-0.15, -0.1) is 0 Å². The molecule has 1 aromatic rings. The van der Waals surface area contributed by atoms with E-state index in [1.54, 1.807) is 0 Å². The number of amides is 1. The standard InChI is InChI=1S/C12H16FN3O3/c1-3-4-14-10(17)7-16(2)11-9(12(18)19)5-8(13)6-15-11/h5-6H,3-4,7H2,1-2H3,(H,14,17)(H,18,19). The summed E-state index contributed by atoms with van der Waals surface area (Å²) in [5.41, 5.74) is -0.272. The second kappa shape index (κ2) is 6.67. The lowest BCUT2D eigenvalue weighted by atomic mass is 10.2. The first-order chi connectivity index (χ1) is 8.95. The minimum absolute atomic E-state index is 0.0427. The molecule has 0 atom stereocenters. The summed E-state index contributed by atoms with van der Waals surface area (Å²) in [6.45, 7) is 2.43. The summed E-state index contributed by atoms with van der Waals surface area (Å²) in [5, 5.41) is 11.6. The van der Waals surface area contributed by atoms with E-state index in [1.807, 2.05) is 6.92 Å². The average Bonchev–Trinajstić information content (AvgIpc) is 2.35. The van der Waals surface area contributed by atoms with Crippen LogP contribution in [0.4, 0.5) is 10.2 Å². The van der Waals surface area contributed by atoms with Crippen LogP contribution in [0, 0.1) is 5.82 Å². The summed E-state index contributed by atoms with van der Waals surface area (Å²) in [5.74, 6) is -2.21. The first-order valence-corrected chi connectivity index (χ1v) is 5.82. The number of nitrogens with zero attached hydrogens (tertiary/aromatic N) is 2. The lowest BCUT2D eigenvalue weighted by Crippen LogP contribution is -2.36. The van der Waals surface area contributed by atoms with Crippen molar-refractivity contribution in [1.29, 1.82) is 0 Å². The van der Waals surface area contributed by atoms with Crippen LogP contribution in [0.5, 0.6) is 0 Å². The molecule has 0 bridgehead atoms. The Balaban J connectivity index is 2.84. The molecule has 104 valence electrons. The zero-order valence-electron chi connectivity index (χ0n) is 10.8. The lowest BCUT2D eigenvalue weighted by Gasteiger charge is -2.19. The van der Waals surface area contributed by atoms with Crippen LogP contribution < -0.4 is 10.2 Å². The number of carbonyl (C=O) groups excluding carboxylic acids is 1. The number of aromatic nitrogens is 1. The molecule has 1 heterocycles. The molecule has 0 aliphatic heterocycles. The van der Waals surface area contributed by atoms with Gasteiger partial charge in [-0.2, -0.15) is 0 Å². The fourth-order valence-corrected chi connectivity index (χ4v) is 1.50. The summed E-state index contributed by atoms with van der Waals surface area (Å²) < 4.78 is 13.0. The molecule has 1 rings (SSSR count). The minimum atomic E-state index is -1.29. The predicted octanol–water partition coefficient (Wildman–Crippen LogP) is 0.881. The molecular formula is C12H16FN3O3. The number of likely N-dealkylation sites (N-methyl/N-ethyl adjacent to an activating group) is 1. The van der Waals surface area contributed by atoms with Crippen LogP contribution >= 0.6 is 0 Å². The van der Waals surface area contributed by atoms with Gasteiger partial charge < -0.3 is 15.3 Å². The Morgan fingerprint density at radius 1 is 1.53 bits per heavy atom. The Morgan fingerprint density at radius 2 is 2.21 bits per heavy atom. The largest absolute Gasteiger partial charge is 0.478 e. The highest BCUT2D eigenvalue weighted by Crippen LogP contribution is 2.17. The molecule has 0 radical (unpaired) electrons. The molecular weight excluding hydrogens is 253 g/mol. The Labute approximate surface area is 110 Å². The van der Waals surface area contributed by atoms with Gasteiger partial charge in [0.25, 0.3) is 0 Å². The monoisotopic (exact) mass is 269 g/mol. The van der Waals surface area contributed by atoms with E-state index in [-0.39, 0.29) is 23.8 Å². The summed E-state index contributed by atoms with van der Waals surface area (Å²) in [6, 6.07) is 0.880. The smallest absolute Gasteiger partial charge is 0.339 e. The lowest BCUT2D eigenvalue weighted by molar-refractivity contribution is -0.119. The second-order valence-electron chi connectivity index (χ2n) is 4.04. The molecule has 0 saturated carbocycles. The molecule has 0 unspecified atom stereocenters. The van der Waals surface area contributed by atoms with Crippen LogP contribution in [-0.4, -0.2) is 42.1 Å². The molecule has 19 heavy (non-hydrogen) atoms. The fourth-order valence-electron chi connectivity index (χ4n) is 1.50. The molecule has 7 heteroatoms. The Morgan fingerprint density at radius 3 is 2.79 bits per heavy atom. The number of hydrogen-bond acceptors (Lipinski definition) is 4. The zero-order valence-corrected chi connectivity index (χ0v) is 10.8. The van der Waals surface area contributed by atoms with Crippen molar-refractivity contribution in [1.82, 2.24) is 10.3 Å². The summed E-state index contributed by atoms with van der Waals surface area (Å²) in [6.07, 6.45) is 1.73. The van der Waals surface area contributed by atoms with Crippen LogP contribution in [0.15, 0.2) is 12.3 Å². The third-order valence-electron chi connectivity index (χ3n) is 2.38. The SMILES string of the molecule is CCCNC(=O)CN(C)c1ncc(F)cc1C(=O)O. The Kier molecular flexibility index (Phi) is 5.23. The normalized spacial score (nSPS) is 10.1.